The maximum atomic E-state index is 10.8. The lowest BCUT2D eigenvalue weighted by Gasteiger charge is -2.19. The summed E-state index contributed by atoms with van der Waals surface area (Å²) in [5, 5.41) is 27.0. The standard InChI is InChI=1S/C50H28N4O/c51-29-31-20-22-32(23-21-31)34-14-9-15-35(42(34)30-52)38-25-24-33(28-47(38)54-43-16-5-1-10-36(43)37-11-2-6-17-44(37)54)53-45-18-7-3-13-41(45)49-46(53)27-26-40-39-12-4-8-19-48(39)55-50(40)49/h1-28H. The molecule has 0 saturated carbocycles. The number of nitrogens with zero attached hydrogens (tertiary/aromatic N) is 4. The van der Waals surface area contributed by atoms with Crippen molar-refractivity contribution in [3.05, 3.63) is 181 Å². The summed E-state index contributed by atoms with van der Waals surface area (Å²) in [4.78, 5) is 0. The highest BCUT2D eigenvalue weighted by Gasteiger charge is 2.23. The van der Waals surface area contributed by atoms with Crippen molar-refractivity contribution >= 4 is 65.6 Å². The second-order valence-corrected chi connectivity index (χ2v) is 13.9. The van der Waals surface area contributed by atoms with E-state index in [0.717, 1.165) is 99.2 Å². The molecule has 0 spiro atoms. The SMILES string of the molecule is N#Cc1ccc(-c2cccc(-c3ccc(-n4c5ccccc5c5c6oc7ccccc7c6ccc54)cc3-n3c4ccccc4c4ccccc43)c2C#N)cc1. The molecule has 0 amide bonds. The van der Waals surface area contributed by atoms with Gasteiger partial charge < -0.3 is 13.6 Å². The number of nitriles is 2. The number of hydrogen-bond acceptors (Lipinski definition) is 3. The van der Waals surface area contributed by atoms with Crippen LogP contribution in [0.4, 0.5) is 0 Å². The Balaban J connectivity index is 1.24. The fourth-order valence-electron chi connectivity index (χ4n) is 8.63. The Labute approximate surface area is 315 Å². The first kappa shape index (κ1) is 30.7. The number of aromatic nitrogens is 2. The summed E-state index contributed by atoms with van der Waals surface area (Å²) >= 11 is 0. The molecule has 0 bridgehead atoms. The number of furan rings is 1. The van der Waals surface area contributed by atoms with Gasteiger partial charge in [0, 0.05) is 49.3 Å². The van der Waals surface area contributed by atoms with E-state index in [0.29, 0.717) is 11.1 Å². The highest BCUT2D eigenvalue weighted by molar-refractivity contribution is 6.24. The number of para-hydroxylation sites is 4. The molecule has 55 heavy (non-hydrogen) atoms. The predicted octanol–water partition coefficient (Wildman–Crippen LogP) is 12.9. The van der Waals surface area contributed by atoms with Crippen LogP contribution in [0.1, 0.15) is 11.1 Å². The minimum Gasteiger partial charge on any atom is -0.455 e. The minimum absolute atomic E-state index is 0.575. The molecule has 3 heterocycles. The van der Waals surface area contributed by atoms with E-state index in [1.54, 1.807) is 12.1 Å². The molecule has 8 aromatic carbocycles. The van der Waals surface area contributed by atoms with Crippen LogP contribution in [0.3, 0.4) is 0 Å². The van der Waals surface area contributed by atoms with E-state index in [4.69, 9.17) is 4.42 Å². The number of fused-ring (bicyclic) bond motifs is 10. The summed E-state index contributed by atoms with van der Waals surface area (Å²) in [6.45, 7) is 0. The van der Waals surface area contributed by atoms with Crippen LogP contribution < -0.4 is 0 Å². The third-order valence-corrected chi connectivity index (χ3v) is 11.0. The van der Waals surface area contributed by atoms with E-state index >= 15 is 0 Å². The van der Waals surface area contributed by atoms with Crippen molar-refractivity contribution in [2.24, 2.45) is 0 Å². The molecule has 3 aromatic heterocycles. The Hall–Kier alpha value is -7.86. The molecular weight excluding hydrogens is 673 g/mol. The summed E-state index contributed by atoms with van der Waals surface area (Å²) in [5.41, 5.74) is 12.6. The Morgan fingerprint density at radius 2 is 1.07 bits per heavy atom. The van der Waals surface area contributed by atoms with Crippen molar-refractivity contribution in [2.75, 3.05) is 0 Å². The third kappa shape index (κ3) is 4.45. The van der Waals surface area contributed by atoms with Gasteiger partial charge in [-0.2, -0.15) is 10.5 Å². The molecule has 254 valence electrons. The molecule has 0 aliphatic heterocycles. The van der Waals surface area contributed by atoms with Crippen molar-refractivity contribution in [2.45, 2.75) is 0 Å². The maximum absolute atomic E-state index is 10.8. The monoisotopic (exact) mass is 700 g/mol. The van der Waals surface area contributed by atoms with Crippen LogP contribution in [0.5, 0.6) is 0 Å². The van der Waals surface area contributed by atoms with E-state index in [-0.39, 0.29) is 0 Å². The Bertz CT molecular complexity index is 3400. The van der Waals surface area contributed by atoms with Gasteiger partial charge >= 0.3 is 0 Å². The zero-order valence-corrected chi connectivity index (χ0v) is 29.4. The first-order valence-corrected chi connectivity index (χ1v) is 18.2. The molecule has 0 unspecified atom stereocenters. The van der Waals surface area contributed by atoms with Gasteiger partial charge in [0.1, 0.15) is 17.2 Å². The quantitative estimate of drug-likeness (QED) is 0.183. The second-order valence-electron chi connectivity index (χ2n) is 13.9. The van der Waals surface area contributed by atoms with Gasteiger partial charge in [0.25, 0.3) is 0 Å². The average molecular weight is 701 g/mol. The normalized spacial score (nSPS) is 11.6. The molecule has 0 atom stereocenters. The van der Waals surface area contributed by atoms with Gasteiger partial charge in [-0.1, -0.05) is 109 Å². The molecule has 0 saturated heterocycles. The maximum Gasteiger partial charge on any atom is 0.145 e. The van der Waals surface area contributed by atoms with E-state index in [9.17, 15) is 10.5 Å². The van der Waals surface area contributed by atoms with Gasteiger partial charge in [0.2, 0.25) is 0 Å². The lowest BCUT2D eigenvalue weighted by atomic mass is 9.91. The van der Waals surface area contributed by atoms with Crippen LogP contribution in [-0.2, 0) is 0 Å². The van der Waals surface area contributed by atoms with Crippen molar-refractivity contribution in [1.82, 2.24) is 9.13 Å². The van der Waals surface area contributed by atoms with Gasteiger partial charge in [0.05, 0.1) is 50.3 Å². The molecule has 0 aliphatic rings. The van der Waals surface area contributed by atoms with Gasteiger partial charge in [-0.05, 0) is 66.2 Å². The third-order valence-electron chi connectivity index (χ3n) is 11.0. The van der Waals surface area contributed by atoms with Gasteiger partial charge in [0.15, 0.2) is 0 Å². The highest BCUT2D eigenvalue weighted by Crippen LogP contribution is 2.43. The number of benzene rings is 8. The van der Waals surface area contributed by atoms with Crippen molar-refractivity contribution < 1.29 is 4.42 Å². The first-order valence-electron chi connectivity index (χ1n) is 18.2. The smallest absolute Gasteiger partial charge is 0.145 e. The lowest BCUT2D eigenvalue weighted by molar-refractivity contribution is 0.673. The zero-order chi connectivity index (χ0) is 36.6. The number of rotatable bonds is 4. The molecule has 0 aliphatic carbocycles. The van der Waals surface area contributed by atoms with E-state index in [1.807, 2.05) is 42.5 Å². The van der Waals surface area contributed by atoms with E-state index in [1.165, 1.54) is 0 Å². The molecule has 11 rings (SSSR count). The van der Waals surface area contributed by atoms with Gasteiger partial charge in [-0.15, -0.1) is 0 Å². The van der Waals surface area contributed by atoms with Crippen LogP contribution in [0.15, 0.2) is 174 Å². The predicted molar refractivity (Wildman–Crippen MR) is 223 cm³/mol. The molecule has 0 N–H and O–H groups in total. The summed E-state index contributed by atoms with van der Waals surface area (Å²) in [5.74, 6) is 0. The van der Waals surface area contributed by atoms with Crippen LogP contribution in [0, 0.1) is 22.7 Å². The minimum atomic E-state index is 0.575. The summed E-state index contributed by atoms with van der Waals surface area (Å²) < 4.78 is 11.3. The van der Waals surface area contributed by atoms with Crippen LogP contribution >= 0.6 is 0 Å². The van der Waals surface area contributed by atoms with E-state index in [2.05, 4.69) is 137 Å². The molecule has 5 heteroatoms. The zero-order valence-electron chi connectivity index (χ0n) is 29.4. The van der Waals surface area contributed by atoms with Crippen molar-refractivity contribution in [3.8, 4) is 45.8 Å². The fraction of sp³-hybridized carbons (Fsp3) is 0. The number of hydrogen-bond donors (Lipinski definition) is 0. The Morgan fingerprint density at radius 1 is 0.436 bits per heavy atom. The molecule has 5 nitrogen and oxygen atoms in total. The summed E-state index contributed by atoms with van der Waals surface area (Å²) in [6.07, 6.45) is 0. The Morgan fingerprint density at radius 3 is 1.78 bits per heavy atom. The molecule has 0 radical (unpaired) electrons. The molecule has 0 fully saturated rings. The highest BCUT2D eigenvalue weighted by atomic mass is 16.3. The fourth-order valence-corrected chi connectivity index (χ4v) is 8.63. The first-order chi connectivity index (χ1) is 27.2. The van der Waals surface area contributed by atoms with Gasteiger partial charge in [-0.3, -0.25) is 0 Å². The Kier molecular flexibility index (Phi) is 6.61. The van der Waals surface area contributed by atoms with E-state index < -0.39 is 0 Å². The van der Waals surface area contributed by atoms with Crippen molar-refractivity contribution in [1.29, 1.82) is 10.5 Å². The largest absolute Gasteiger partial charge is 0.455 e. The topological polar surface area (TPSA) is 70.6 Å². The molecular formula is C50H28N4O. The lowest BCUT2D eigenvalue weighted by Crippen LogP contribution is -2.02. The summed E-state index contributed by atoms with van der Waals surface area (Å²) in [6, 6.07) is 63.0. The summed E-state index contributed by atoms with van der Waals surface area (Å²) in [7, 11) is 0. The van der Waals surface area contributed by atoms with Crippen LogP contribution in [0.2, 0.25) is 0 Å². The van der Waals surface area contributed by atoms with Crippen LogP contribution in [0.25, 0.3) is 99.2 Å². The van der Waals surface area contributed by atoms with Crippen molar-refractivity contribution in [3.63, 3.8) is 0 Å². The second kappa shape index (κ2) is 11.8. The average Bonchev–Trinajstić information content (AvgIpc) is 3.91. The van der Waals surface area contributed by atoms with Gasteiger partial charge in [-0.25, -0.2) is 0 Å². The van der Waals surface area contributed by atoms with Crippen LogP contribution in [-0.4, -0.2) is 9.13 Å². The molecule has 11 aromatic rings.